The first-order valence-electron chi connectivity index (χ1n) is 13.5. The van der Waals surface area contributed by atoms with Crippen LogP contribution in [0.1, 0.15) is 48.1 Å². The van der Waals surface area contributed by atoms with E-state index in [9.17, 15) is 14.0 Å². The molecule has 6 nitrogen and oxygen atoms in total. The van der Waals surface area contributed by atoms with E-state index in [0.717, 1.165) is 11.1 Å². The van der Waals surface area contributed by atoms with Crippen LogP contribution >= 0.6 is 0 Å². The summed E-state index contributed by atoms with van der Waals surface area (Å²) in [6.45, 7) is 4.08. The van der Waals surface area contributed by atoms with Gasteiger partial charge in [-0.15, -0.1) is 0 Å². The number of carbonyl (C=O) groups excluding carboxylic acids is 2. The Morgan fingerprint density at radius 1 is 0.829 bits per heavy atom. The van der Waals surface area contributed by atoms with E-state index in [2.05, 4.69) is 19.2 Å². The molecule has 0 heterocycles. The number of rotatable bonds is 11. The van der Waals surface area contributed by atoms with Crippen LogP contribution < -0.4 is 14.8 Å². The molecule has 0 saturated heterocycles. The van der Waals surface area contributed by atoms with Crippen LogP contribution in [0.15, 0.2) is 97.1 Å². The Hall–Kier alpha value is -4.65. The molecule has 41 heavy (non-hydrogen) atoms. The van der Waals surface area contributed by atoms with Gasteiger partial charge in [0.05, 0.1) is 26.3 Å². The molecular formula is C34H35FN2O4. The Kier molecular flexibility index (Phi) is 9.74. The second-order valence-corrected chi connectivity index (χ2v) is 10.1. The zero-order valence-corrected chi connectivity index (χ0v) is 23.8. The number of anilines is 1. The zero-order valence-electron chi connectivity index (χ0n) is 23.8. The van der Waals surface area contributed by atoms with Crippen molar-refractivity contribution in [3.8, 4) is 11.5 Å². The lowest BCUT2D eigenvalue weighted by Gasteiger charge is -2.32. The molecule has 1 N–H and O–H groups in total. The number of ether oxygens (including phenoxy) is 2. The zero-order chi connectivity index (χ0) is 29.4. The minimum absolute atomic E-state index is 0.0506. The maximum atomic E-state index is 14.9. The van der Waals surface area contributed by atoms with Gasteiger partial charge in [-0.05, 0) is 40.8 Å². The predicted octanol–water partition coefficient (Wildman–Crippen LogP) is 6.92. The number of nitrogens with one attached hydrogen (secondary N) is 1. The largest absolute Gasteiger partial charge is 0.497 e. The van der Waals surface area contributed by atoms with Crippen molar-refractivity contribution in [2.24, 2.45) is 0 Å². The third-order valence-corrected chi connectivity index (χ3v) is 6.96. The Morgan fingerprint density at radius 3 is 2.12 bits per heavy atom. The molecule has 0 aromatic heterocycles. The first kappa shape index (κ1) is 29.3. The van der Waals surface area contributed by atoms with Gasteiger partial charge < -0.3 is 19.7 Å². The van der Waals surface area contributed by atoms with Crippen LogP contribution in [-0.4, -0.2) is 30.9 Å². The second kappa shape index (κ2) is 13.6. The first-order chi connectivity index (χ1) is 19.8. The van der Waals surface area contributed by atoms with Gasteiger partial charge in [0.15, 0.2) is 0 Å². The summed E-state index contributed by atoms with van der Waals surface area (Å²) in [7, 11) is 3.04. The molecule has 4 aromatic carbocycles. The van der Waals surface area contributed by atoms with Crippen LogP contribution in [-0.2, 0) is 22.6 Å². The van der Waals surface area contributed by atoms with Gasteiger partial charge in [-0.2, -0.15) is 0 Å². The minimum Gasteiger partial charge on any atom is -0.497 e. The van der Waals surface area contributed by atoms with Crippen molar-refractivity contribution in [3.05, 3.63) is 125 Å². The number of methoxy groups -OCH3 is 2. The summed E-state index contributed by atoms with van der Waals surface area (Å²) in [5.74, 6) is 0.0470. The van der Waals surface area contributed by atoms with E-state index >= 15 is 0 Å². The van der Waals surface area contributed by atoms with E-state index in [1.54, 1.807) is 43.5 Å². The van der Waals surface area contributed by atoms with Gasteiger partial charge in [-0.1, -0.05) is 86.6 Å². The highest BCUT2D eigenvalue weighted by molar-refractivity contribution is 5.99. The molecule has 0 fully saturated rings. The molecule has 1 unspecified atom stereocenters. The molecule has 2 amide bonds. The van der Waals surface area contributed by atoms with E-state index in [0.29, 0.717) is 28.3 Å². The molecule has 0 radical (unpaired) electrons. The second-order valence-electron chi connectivity index (χ2n) is 10.1. The minimum atomic E-state index is -1.06. The lowest BCUT2D eigenvalue weighted by Crippen LogP contribution is -2.42. The fourth-order valence-corrected chi connectivity index (χ4v) is 4.64. The van der Waals surface area contributed by atoms with Crippen LogP contribution in [0.3, 0.4) is 0 Å². The van der Waals surface area contributed by atoms with Gasteiger partial charge in [0.1, 0.15) is 23.4 Å². The SMILES string of the molecule is COc1ccc(NC(=O)C(c2ccc(C(C)C)cc2)N(Cc2ccccc2F)C(=O)Cc2ccccc2)c(OC)c1. The maximum absolute atomic E-state index is 14.9. The topological polar surface area (TPSA) is 67.9 Å². The lowest BCUT2D eigenvalue weighted by molar-refractivity contribution is -0.139. The van der Waals surface area contributed by atoms with E-state index in [4.69, 9.17) is 9.47 Å². The standard InChI is InChI=1S/C34H35FN2O4/c1-23(2)25-14-16-26(17-15-25)33(34(39)36-30-19-18-28(40-3)21-31(30)41-4)37(22-27-12-8-9-13-29(27)35)32(38)20-24-10-6-5-7-11-24/h5-19,21,23,33H,20,22H2,1-4H3,(H,36,39). The summed E-state index contributed by atoms with van der Waals surface area (Å²) in [5.41, 5.74) is 3.23. The Balaban J connectivity index is 1.79. The van der Waals surface area contributed by atoms with Crippen molar-refractivity contribution >= 4 is 17.5 Å². The van der Waals surface area contributed by atoms with Gasteiger partial charge in [0.2, 0.25) is 5.91 Å². The van der Waals surface area contributed by atoms with Crippen molar-refractivity contribution in [2.75, 3.05) is 19.5 Å². The van der Waals surface area contributed by atoms with Crippen LogP contribution in [0.4, 0.5) is 10.1 Å². The van der Waals surface area contributed by atoms with Crippen LogP contribution in [0.2, 0.25) is 0 Å². The first-order valence-corrected chi connectivity index (χ1v) is 13.5. The molecule has 1 atom stereocenters. The van der Waals surface area contributed by atoms with Crippen molar-refractivity contribution in [3.63, 3.8) is 0 Å². The van der Waals surface area contributed by atoms with E-state index in [1.165, 1.54) is 18.1 Å². The Labute approximate surface area is 240 Å². The van der Waals surface area contributed by atoms with E-state index in [1.807, 2.05) is 54.6 Å². The highest BCUT2D eigenvalue weighted by Gasteiger charge is 2.33. The number of hydrogen-bond acceptors (Lipinski definition) is 4. The summed E-state index contributed by atoms with van der Waals surface area (Å²) in [4.78, 5) is 29.6. The van der Waals surface area contributed by atoms with E-state index < -0.39 is 17.8 Å². The van der Waals surface area contributed by atoms with E-state index in [-0.39, 0.29) is 24.8 Å². The van der Waals surface area contributed by atoms with Crippen LogP contribution in [0.25, 0.3) is 0 Å². The number of amides is 2. The van der Waals surface area contributed by atoms with Gasteiger partial charge >= 0.3 is 0 Å². The third-order valence-electron chi connectivity index (χ3n) is 6.96. The molecule has 4 aromatic rings. The fraction of sp³-hybridized carbons (Fsp3) is 0.235. The summed E-state index contributed by atoms with van der Waals surface area (Å²) >= 11 is 0. The summed E-state index contributed by atoms with van der Waals surface area (Å²) < 4.78 is 25.7. The lowest BCUT2D eigenvalue weighted by atomic mass is 9.97. The maximum Gasteiger partial charge on any atom is 0.251 e. The number of benzene rings is 4. The molecular weight excluding hydrogens is 519 g/mol. The molecule has 212 valence electrons. The molecule has 0 saturated carbocycles. The van der Waals surface area contributed by atoms with Crippen molar-refractivity contribution < 1.29 is 23.5 Å². The molecule has 0 aliphatic heterocycles. The normalized spacial score (nSPS) is 11.6. The van der Waals surface area contributed by atoms with Gasteiger partial charge in [0, 0.05) is 18.2 Å². The van der Waals surface area contributed by atoms with Gasteiger partial charge in [0.25, 0.3) is 5.91 Å². The molecule has 0 aliphatic carbocycles. The number of hydrogen-bond donors (Lipinski definition) is 1. The third kappa shape index (κ3) is 7.31. The van der Waals surface area contributed by atoms with Crippen molar-refractivity contribution in [1.82, 2.24) is 4.90 Å². The van der Waals surface area contributed by atoms with Crippen LogP contribution in [0, 0.1) is 5.82 Å². The smallest absolute Gasteiger partial charge is 0.251 e. The highest BCUT2D eigenvalue weighted by atomic mass is 19.1. The average Bonchev–Trinajstić information content (AvgIpc) is 2.98. The number of halogens is 1. The Morgan fingerprint density at radius 2 is 1.49 bits per heavy atom. The molecule has 7 heteroatoms. The van der Waals surface area contributed by atoms with Gasteiger partial charge in [-0.3, -0.25) is 9.59 Å². The summed E-state index contributed by atoms with van der Waals surface area (Å²) in [6, 6.07) is 27.2. The van der Waals surface area contributed by atoms with Gasteiger partial charge in [-0.25, -0.2) is 4.39 Å². The predicted molar refractivity (Wildman–Crippen MR) is 159 cm³/mol. The molecule has 0 bridgehead atoms. The fourth-order valence-electron chi connectivity index (χ4n) is 4.64. The molecule has 0 spiro atoms. The van der Waals surface area contributed by atoms with Crippen LogP contribution in [0.5, 0.6) is 11.5 Å². The van der Waals surface area contributed by atoms with Crippen molar-refractivity contribution in [1.29, 1.82) is 0 Å². The monoisotopic (exact) mass is 554 g/mol. The van der Waals surface area contributed by atoms with Crippen molar-refractivity contribution in [2.45, 2.75) is 38.8 Å². The summed E-state index contributed by atoms with van der Waals surface area (Å²) in [5, 5.41) is 2.94. The molecule has 0 aliphatic rings. The number of nitrogens with zero attached hydrogens (tertiary/aromatic N) is 1. The quantitative estimate of drug-likeness (QED) is 0.219. The number of carbonyl (C=O) groups is 2. The highest BCUT2D eigenvalue weighted by Crippen LogP contribution is 2.32. The Bertz CT molecular complexity index is 1470. The average molecular weight is 555 g/mol. The molecule has 4 rings (SSSR count). The summed E-state index contributed by atoms with van der Waals surface area (Å²) in [6.07, 6.45) is 0.0506.